The van der Waals surface area contributed by atoms with Crippen LogP contribution in [0.4, 0.5) is 0 Å². The van der Waals surface area contributed by atoms with E-state index in [4.69, 9.17) is 4.74 Å². The summed E-state index contributed by atoms with van der Waals surface area (Å²) in [4.78, 5) is 19.6. The number of methoxy groups -OCH3 is 1. The quantitative estimate of drug-likeness (QED) is 0.759. The van der Waals surface area contributed by atoms with Gasteiger partial charge in [0.2, 0.25) is 0 Å². The van der Waals surface area contributed by atoms with Gasteiger partial charge in [0.25, 0.3) is 0 Å². The van der Waals surface area contributed by atoms with Crippen LogP contribution in [0.3, 0.4) is 0 Å². The first-order valence-electron chi connectivity index (χ1n) is 4.63. The first kappa shape index (κ1) is 10.3. The zero-order chi connectivity index (χ0) is 11.5. The van der Waals surface area contributed by atoms with Crippen molar-refractivity contribution in [1.82, 2.24) is 20.2 Å². The van der Waals surface area contributed by atoms with E-state index < -0.39 is 5.97 Å². The van der Waals surface area contributed by atoms with Gasteiger partial charge in [0.15, 0.2) is 0 Å². The van der Waals surface area contributed by atoms with E-state index in [1.807, 2.05) is 0 Å². The van der Waals surface area contributed by atoms with Gasteiger partial charge in [0.1, 0.15) is 17.0 Å². The predicted octanol–water partition coefficient (Wildman–Crippen LogP) is 0.962. The van der Waals surface area contributed by atoms with E-state index >= 15 is 0 Å². The van der Waals surface area contributed by atoms with Gasteiger partial charge in [-0.15, -0.1) is 0 Å². The Balaban J connectivity index is 2.55. The van der Waals surface area contributed by atoms with Crippen molar-refractivity contribution in [2.24, 2.45) is 0 Å². The second-order valence-electron chi connectivity index (χ2n) is 3.15. The summed E-state index contributed by atoms with van der Waals surface area (Å²) in [5.74, 6) is -0.438. The zero-order valence-electron chi connectivity index (χ0n) is 8.89. The van der Waals surface area contributed by atoms with E-state index in [0.29, 0.717) is 22.6 Å². The molecule has 0 saturated heterocycles. The van der Waals surface area contributed by atoms with Crippen LogP contribution in [-0.4, -0.2) is 33.2 Å². The van der Waals surface area contributed by atoms with E-state index in [1.54, 1.807) is 25.5 Å². The van der Waals surface area contributed by atoms with Crippen molar-refractivity contribution in [1.29, 1.82) is 0 Å². The van der Waals surface area contributed by atoms with Gasteiger partial charge < -0.3 is 4.74 Å². The Morgan fingerprint density at radius 3 is 2.88 bits per heavy atom. The van der Waals surface area contributed by atoms with Crippen molar-refractivity contribution in [3.63, 3.8) is 0 Å². The lowest BCUT2D eigenvalue weighted by atomic mass is 10.1. The molecule has 16 heavy (non-hydrogen) atoms. The number of hydrogen-bond acceptors (Lipinski definition) is 5. The molecule has 0 atom stereocenters. The molecule has 0 aliphatic rings. The van der Waals surface area contributed by atoms with E-state index in [9.17, 15) is 4.79 Å². The molecule has 0 unspecified atom stereocenters. The van der Waals surface area contributed by atoms with E-state index in [0.717, 1.165) is 0 Å². The molecular formula is C10H10N4O2. The molecule has 2 aromatic rings. The maximum atomic E-state index is 11.6. The van der Waals surface area contributed by atoms with Crippen molar-refractivity contribution in [3.8, 4) is 11.4 Å². The number of aryl methyl sites for hydroxylation is 1. The first-order valence-corrected chi connectivity index (χ1v) is 4.63. The van der Waals surface area contributed by atoms with Crippen molar-refractivity contribution >= 4 is 5.97 Å². The number of H-pyrrole nitrogens is 1. The van der Waals surface area contributed by atoms with Crippen LogP contribution in [0, 0.1) is 6.92 Å². The minimum Gasteiger partial charge on any atom is -0.465 e. The van der Waals surface area contributed by atoms with Crippen LogP contribution >= 0.6 is 0 Å². The van der Waals surface area contributed by atoms with Crippen LogP contribution in [0.1, 0.15) is 16.1 Å². The summed E-state index contributed by atoms with van der Waals surface area (Å²) < 4.78 is 4.69. The summed E-state index contributed by atoms with van der Waals surface area (Å²) in [6, 6.07) is 0. The van der Waals surface area contributed by atoms with Crippen molar-refractivity contribution in [3.05, 3.63) is 29.8 Å². The molecule has 6 heteroatoms. The lowest BCUT2D eigenvalue weighted by Gasteiger charge is -2.00. The second kappa shape index (κ2) is 4.09. The monoisotopic (exact) mass is 218 g/mol. The average molecular weight is 218 g/mol. The van der Waals surface area contributed by atoms with Crippen LogP contribution in [0.15, 0.2) is 18.6 Å². The van der Waals surface area contributed by atoms with Crippen LogP contribution in [-0.2, 0) is 4.74 Å². The summed E-state index contributed by atoms with van der Waals surface area (Å²) in [7, 11) is 1.33. The van der Waals surface area contributed by atoms with E-state index in [2.05, 4.69) is 20.2 Å². The highest BCUT2D eigenvalue weighted by molar-refractivity contribution is 5.96. The number of carbonyl (C=O) groups is 1. The Morgan fingerprint density at radius 2 is 2.25 bits per heavy atom. The van der Waals surface area contributed by atoms with E-state index in [-0.39, 0.29) is 0 Å². The number of nitrogens with zero attached hydrogens (tertiary/aromatic N) is 3. The molecule has 0 aliphatic carbocycles. The number of ether oxygens (including phenoxy) is 1. The number of carbonyl (C=O) groups excluding carboxylic acids is 1. The lowest BCUT2D eigenvalue weighted by Crippen LogP contribution is -2.04. The predicted molar refractivity (Wildman–Crippen MR) is 55.7 cm³/mol. The van der Waals surface area contributed by atoms with Gasteiger partial charge in [-0.05, 0) is 6.92 Å². The maximum absolute atomic E-state index is 11.6. The highest BCUT2D eigenvalue weighted by atomic mass is 16.5. The van der Waals surface area contributed by atoms with E-state index in [1.165, 1.54) is 7.11 Å². The van der Waals surface area contributed by atoms with Gasteiger partial charge in [0.05, 0.1) is 13.3 Å². The van der Waals surface area contributed by atoms with Gasteiger partial charge in [0, 0.05) is 18.1 Å². The SMILES string of the molecule is COC(=O)c1c(-c2cnccn2)n[nH]c1C. The molecule has 2 aromatic heterocycles. The average Bonchev–Trinajstić information content (AvgIpc) is 2.71. The smallest absolute Gasteiger partial charge is 0.342 e. The molecule has 0 aliphatic heterocycles. The Labute approximate surface area is 91.7 Å². The first-order chi connectivity index (χ1) is 7.74. The Kier molecular flexibility index (Phi) is 2.63. The number of aromatic nitrogens is 4. The standard InChI is InChI=1S/C10H10N4O2/c1-6-8(10(15)16-2)9(14-13-6)7-5-11-3-4-12-7/h3-5H,1-2H3,(H,13,14). The third-order valence-corrected chi connectivity index (χ3v) is 2.14. The summed E-state index contributed by atoms with van der Waals surface area (Å²) in [6.45, 7) is 1.75. The fourth-order valence-electron chi connectivity index (χ4n) is 1.39. The molecule has 0 amide bonds. The summed E-state index contributed by atoms with van der Waals surface area (Å²) in [6.07, 6.45) is 4.64. The molecule has 0 fully saturated rings. The minimum absolute atomic E-state index is 0.392. The van der Waals surface area contributed by atoms with Crippen molar-refractivity contribution in [2.45, 2.75) is 6.92 Å². The fourth-order valence-corrected chi connectivity index (χ4v) is 1.39. The lowest BCUT2D eigenvalue weighted by molar-refractivity contribution is 0.0601. The zero-order valence-corrected chi connectivity index (χ0v) is 8.89. The summed E-state index contributed by atoms with van der Waals surface area (Å²) >= 11 is 0. The minimum atomic E-state index is -0.438. The van der Waals surface area contributed by atoms with Crippen molar-refractivity contribution < 1.29 is 9.53 Å². The van der Waals surface area contributed by atoms with Gasteiger partial charge in [-0.25, -0.2) is 4.79 Å². The molecule has 0 bridgehead atoms. The molecular weight excluding hydrogens is 208 g/mol. The third-order valence-electron chi connectivity index (χ3n) is 2.14. The molecule has 82 valence electrons. The van der Waals surface area contributed by atoms with Gasteiger partial charge >= 0.3 is 5.97 Å². The number of rotatable bonds is 2. The summed E-state index contributed by atoms with van der Waals surface area (Å²) in [5.41, 5.74) is 2.03. The number of esters is 1. The van der Waals surface area contributed by atoms with Gasteiger partial charge in [-0.1, -0.05) is 0 Å². The van der Waals surface area contributed by atoms with Crippen LogP contribution in [0.2, 0.25) is 0 Å². The Bertz CT molecular complexity index is 507. The molecule has 0 aromatic carbocycles. The number of hydrogen-bond donors (Lipinski definition) is 1. The second-order valence-corrected chi connectivity index (χ2v) is 3.15. The molecule has 0 saturated carbocycles. The van der Waals surface area contributed by atoms with Gasteiger partial charge in [-0.3, -0.25) is 15.1 Å². The highest BCUT2D eigenvalue weighted by Gasteiger charge is 2.20. The van der Waals surface area contributed by atoms with Crippen LogP contribution in [0.25, 0.3) is 11.4 Å². The topological polar surface area (TPSA) is 80.8 Å². The highest BCUT2D eigenvalue weighted by Crippen LogP contribution is 2.21. The van der Waals surface area contributed by atoms with Crippen LogP contribution < -0.4 is 0 Å². The molecule has 1 N–H and O–H groups in total. The van der Waals surface area contributed by atoms with Crippen molar-refractivity contribution in [2.75, 3.05) is 7.11 Å². The Hall–Kier alpha value is -2.24. The maximum Gasteiger partial charge on any atom is 0.342 e. The number of aromatic amines is 1. The largest absolute Gasteiger partial charge is 0.465 e. The fraction of sp³-hybridized carbons (Fsp3) is 0.200. The molecule has 0 radical (unpaired) electrons. The number of nitrogens with one attached hydrogen (secondary N) is 1. The molecule has 2 rings (SSSR count). The Morgan fingerprint density at radius 1 is 1.44 bits per heavy atom. The van der Waals surface area contributed by atoms with Crippen LogP contribution in [0.5, 0.6) is 0 Å². The molecule has 2 heterocycles. The molecule has 6 nitrogen and oxygen atoms in total. The van der Waals surface area contributed by atoms with Gasteiger partial charge in [-0.2, -0.15) is 5.10 Å². The normalized spacial score (nSPS) is 10.1. The third kappa shape index (κ3) is 1.65. The molecule has 0 spiro atoms. The summed E-state index contributed by atoms with van der Waals surface area (Å²) in [5, 5.41) is 6.76.